The first kappa shape index (κ1) is 24.0. The van der Waals surface area contributed by atoms with Crippen molar-refractivity contribution in [3.05, 3.63) is 121 Å². The summed E-state index contributed by atoms with van der Waals surface area (Å²) >= 11 is 1.76. The molecule has 0 fully saturated rings. The Hall–Kier alpha value is -4.05. The number of rotatable bonds is 4. The molecular formula is C36H29NSSi. The van der Waals surface area contributed by atoms with Crippen molar-refractivity contribution in [1.82, 2.24) is 4.98 Å². The predicted octanol–water partition coefficient (Wildman–Crippen LogP) is 10.1. The quantitative estimate of drug-likeness (QED) is 0.204. The van der Waals surface area contributed by atoms with Crippen LogP contribution in [0.15, 0.2) is 121 Å². The first-order chi connectivity index (χ1) is 18.9. The van der Waals surface area contributed by atoms with E-state index < -0.39 is 8.07 Å². The molecule has 0 N–H and O–H groups in total. The molecule has 3 heteroatoms. The molecule has 0 amide bonds. The van der Waals surface area contributed by atoms with Crippen LogP contribution in [0, 0.1) is 0 Å². The lowest BCUT2D eigenvalue weighted by Gasteiger charge is -2.17. The maximum Gasteiger partial charge on any atom is 0.124 e. The lowest BCUT2D eigenvalue weighted by atomic mass is 9.96. The van der Waals surface area contributed by atoms with Crippen molar-refractivity contribution < 1.29 is 0 Å². The van der Waals surface area contributed by atoms with Crippen molar-refractivity contribution in [2.45, 2.75) is 19.6 Å². The highest BCUT2D eigenvalue weighted by Gasteiger charge is 2.16. The van der Waals surface area contributed by atoms with Gasteiger partial charge in [-0.05, 0) is 80.6 Å². The minimum absolute atomic E-state index is 1.10. The summed E-state index contributed by atoms with van der Waals surface area (Å²) in [4.78, 5) is 5.64. The highest BCUT2D eigenvalue weighted by atomic mass is 32.1. The van der Waals surface area contributed by atoms with Gasteiger partial charge in [0.2, 0.25) is 0 Å². The van der Waals surface area contributed by atoms with Gasteiger partial charge in [-0.3, -0.25) is 0 Å². The van der Waals surface area contributed by atoms with E-state index in [9.17, 15) is 0 Å². The van der Waals surface area contributed by atoms with Crippen molar-refractivity contribution >= 4 is 55.7 Å². The molecule has 0 bridgehead atoms. The molecule has 0 unspecified atom stereocenters. The largest absolute Gasteiger partial charge is 0.245 e. The Morgan fingerprint density at radius 1 is 0.513 bits per heavy atom. The molecule has 7 aromatic rings. The molecular weight excluding hydrogens is 507 g/mol. The Kier molecular flexibility index (Phi) is 5.73. The van der Waals surface area contributed by atoms with Crippen LogP contribution in [-0.2, 0) is 0 Å². The van der Waals surface area contributed by atoms with Crippen LogP contribution in [-0.4, -0.2) is 13.1 Å². The van der Waals surface area contributed by atoms with E-state index in [0.29, 0.717) is 0 Å². The molecule has 0 radical (unpaired) electrons. The molecule has 188 valence electrons. The number of thiophene rings is 1. The number of pyridine rings is 1. The fourth-order valence-electron chi connectivity index (χ4n) is 5.41. The van der Waals surface area contributed by atoms with E-state index in [0.717, 1.165) is 4.83 Å². The van der Waals surface area contributed by atoms with Crippen molar-refractivity contribution in [2.75, 3.05) is 0 Å². The van der Waals surface area contributed by atoms with Gasteiger partial charge < -0.3 is 0 Å². The van der Waals surface area contributed by atoms with Crippen molar-refractivity contribution in [3.8, 4) is 33.4 Å². The van der Waals surface area contributed by atoms with Gasteiger partial charge in [0, 0.05) is 21.7 Å². The number of benzene rings is 5. The average Bonchev–Trinajstić information content (AvgIpc) is 3.34. The fourth-order valence-corrected chi connectivity index (χ4v) is 7.60. The standard InChI is InChI=1S/C36H29NSSi/c1-39(2,3)32-17-14-26(15-18-32)28-11-13-29-21-27(10-12-30(29)22-28)24-6-8-25(9-7-24)31-16-19-35-34(23-31)33-5-4-20-37-36(33)38-35/h4-23H,1-3H3. The van der Waals surface area contributed by atoms with Crippen molar-refractivity contribution in [1.29, 1.82) is 0 Å². The Bertz CT molecular complexity index is 1980. The predicted molar refractivity (Wildman–Crippen MR) is 174 cm³/mol. The van der Waals surface area contributed by atoms with Gasteiger partial charge >= 0.3 is 0 Å². The molecule has 0 aliphatic heterocycles. The second kappa shape index (κ2) is 9.30. The van der Waals surface area contributed by atoms with Gasteiger partial charge in [0.1, 0.15) is 4.83 Å². The molecule has 0 spiro atoms. The summed E-state index contributed by atoms with van der Waals surface area (Å²) in [5.41, 5.74) is 7.50. The van der Waals surface area contributed by atoms with Gasteiger partial charge in [-0.2, -0.15) is 0 Å². The van der Waals surface area contributed by atoms with E-state index in [1.807, 2.05) is 12.3 Å². The van der Waals surface area contributed by atoms with Crippen LogP contribution in [0.2, 0.25) is 19.6 Å². The summed E-state index contributed by atoms with van der Waals surface area (Å²) in [6.45, 7) is 7.19. The van der Waals surface area contributed by atoms with Crippen LogP contribution < -0.4 is 5.19 Å². The SMILES string of the molecule is C[Si](C)(C)c1ccc(-c2ccc3cc(-c4ccc(-c5ccc6sc7ncccc7c6c5)cc4)ccc3c2)cc1. The van der Waals surface area contributed by atoms with E-state index >= 15 is 0 Å². The zero-order valence-electron chi connectivity index (χ0n) is 22.4. The second-order valence-corrected chi connectivity index (χ2v) is 17.5. The molecule has 2 heterocycles. The molecule has 0 aliphatic rings. The van der Waals surface area contributed by atoms with Gasteiger partial charge in [-0.25, -0.2) is 4.98 Å². The van der Waals surface area contributed by atoms with Crippen LogP contribution >= 0.6 is 11.3 Å². The Morgan fingerprint density at radius 2 is 1.03 bits per heavy atom. The highest BCUT2D eigenvalue weighted by molar-refractivity contribution is 7.25. The van der Waals surface area contributed by atoms with Crippen molar-refractivity contribution in [3.63, 3.8) is 0 Å². The molecule has 5 aromatic carbocycles. The zero-order chi connectivity index (χ0) is 26.6. The Balaban J connectivity index is 1.17. The Labute approximate surface area is 234 Å². The monoisotopic (exact) mass is 535 g/mol. The topological polar surface area (TPSA) is 12.9 Å². The summed E-state index contributed by atoms with van der Waals surface area (Å²) in [6.07, 6.45) is 1.87. The summed E-state index contributed by atoms with van der Waals surface area (Å²) in [7, 11) is -1.28. The molecule has 0 saturated carbocycles. The smallest absolute Gasteiger partial charge is 0.124 e. The molecule has 1 nitrogen and oxygen atoms in total. The van der Waals surface area contributed by atoms with Crippen LogP contribution in [0.5, 0.6) is 0 Å². The van der Waals surface area contributed by atoms with E-state index in [-0.39, 0.29) is 0 Å². The van der Waals surface area contributed by atoms with E-state index in [1.165, 1.54) is 64.8 Å². The van der Waals surface area contributed by atoms with Gasteiger partial charge in [0.15, 0.2) is 0 Å². The molecule has 0 atom stereocenters. The minimum Gasteiger partial charge on any atom is -0.245 e. The Morgan fingerprint density at radius 3 is 1.62 bits per heavy atom. The van der Waals surface area contributed by atoms with Gasteiger partial charge in [-0.1, -0.05) is 104 Å². The average molecular weight is 536 g/mol. The number of aromatic nitrogens is 1. The first-order valence-corrected chi connectivity index (χ1v) is 17.8. The summed E-state index contributed by atoms with van der Waals surface area (Å²) in [5.74, 6) is 0. The molecule has 2 aromatic heterocycles. The van der Waals surface area contributed by atoms with E-state index in [1.54, 1.807) is 11.3 Å². The van der Waals surface area contributed by atoms with Crippen LogP contribution in [0.3, 0.4) is 0 Å². The molecule has 0 saturated heterocycles. The maximum atomic E-state index is 4.54. The minimum atomic E-state index is -1.28. The third kappa shape index (κ3) is 4.48. The summed E-state index contributed by atoms with van der Waals surface area (Å²) < 4.78 is 1.28. The summed E-state index contributed by atoms with van der Waals surface area (Å²) in [5, 5.41) is 6.56. The maximum absolute atomic E-state index is 4.54. The lowest BCUT2D eigenvalue weighted by molar-refractivity contribution is 1.45. The van der Waals surface area contributed by atoms with Gasteiger partial charge in [0.05, 0.1) is 8.07 Å². The molecule has 0 aliphatic carbocycles. The number of fused-ring (bicyclic) bond motifs is 4. The highest BCUT2D eigenvalue weighted by Crippen LogP contribution is 2.36. The third-order valence-electron chi connectivity index (χ3n) is 7.72. The molecule has 39 heavy (non-hydrogen) atoms. The summed E-state index contributed by atoms with van der Waals surface area (Å²) in [6, 6.07) is 42.7. The number of nitrogens with zero attached hydrogens (tertiary/aromatic N) is 1. The lowest BCUT2D eigenvalue weighted by Crippen LogP contribution is -2.37. The van der Waals surface area contributed by atoms with Gasteiger partial charge in [0.25, 0.3) is 0 Å². The number of hydrogen-bond acceptors (Lipinski definition) is 2. The third-order valence-corrected chi connectivity index (χ3v) is 10.9. The van der Waals surface area contributed by atoms with Crippen LogP contribution in [0.25, 0.3) is 64.5 Å². The van der Waals surface area contributed by atoms with Crippen LogP contribution in [0.1, 0.15) is 0 Å². The normalized spacial score (nSPS) is 12.0. The molecule has 7 rings (SSSR count). The van der Waals surface area contributed by atoms with Gasteiger partial charge in [-0.15, -0.1) is 11.3 Å². The van der Waals surface area contributed by atoms with Crippen LogP contribution in [0.4, 0.5) is 0 Å². The first-order valence-electron chi connectivity index (χ1n) is 13.5. The zero-order valence-corrected chi connectivity index (χ0v) is 24.2. The second-order valence-electron chi connectivity index (χ2n) is 11.4. The van der Waals surface area contributed by atoms with Crippen molar-refractivity contribution in [2.24, 2.45) is 0 Å². The van der Waals surface area contributed by atoms with E-state index in [2.05, 4.69) is 134 Å². The number of hydrogen-bond donors (Lipinski definition) is 0. The van der Waals surface area contributed by atoms with E-state index in [4.69, 9.17) is 0 Å². The fraction of sp³-hybridized carbons (Fsp3) is 0.0833.